The summed E-state index contributed by atoms with van der Waals surface area (Å²) in [6.45, 7) is 3.82. The topological polar surface area (TPSA) is 0 Å². The Kier molecular flexibility index (Phi) is 1.30. The molecule has 0 aromatic heterocycles. The summed E-state index contributed by atoms with van der Waals surface area (Å²) in [7, 11) is 0. The van der Waals surface area contributed by atoms with Gasteiger partial charge in [0.2, 0.25) is 0 Å². The monoisotopic (exact) mass is 116 g/mol. The second kappa shape index (κ2) is 1.71. The van der Waals surface area contributed by atoms with Crippen LogP contribution in [-0.4, -0.2) is 5.67 Å². The van der Waals surface area contributed by atoms with Crippen molar-refractivity contribution in [3.05, 3.63) is 0 Å². The number of hydrogen-bond donors (Lipinski definition) is 0. The summed E-state index contributed by atoms with van der Waals surface area (Å²) in [6, 6.07) is 0. The molecular formula is C7H13F. The maximum Gasteiger partial charge on any atom is 0.108 e. The zero-order chi connectivity index (χ0) is 6.20. The molecule has 1 saturated carbocycles. The van der Waals surface area contributed by atoms with Gasteiger partial charge in [0.05, 0.1) is 0 Å². The highest BCUT2D eigenvalue weighted by Crippen LogP contribution is 2.36. The maximum absolute atomic E-state index is 12.9. The number of alkyl halides is 1. The molecule has 2 atom stereocenters. The van der Waals surface area contributed by atoms with E-state index in [0.717, 1.165) is 19.3 Å². The van der Waals surface area contributed by atoms with Crippen LogP contribution in [0.5, 0.6) is 0 Å². The Balaban J connectivity index is 2.44. The van der Waals surface area contributed by atoms with Gasteiger partial charge in [0.15, 0.2) is 0 Å². The third-order valence-electron chi connectivity index (χ3n) is 1.93. The zero-order valence-corrected chi connectivity index (χ0v) is 5.58. The van der Waals surface area contributed by atoms with Crippen LogP contribution in [0, 0.1) is 5.92 Å². The second-order valence-electron chi connectivity index (χ2n) is 3.26. The predicted octanol–water partition coefficient (Wildman–Crippen LogP) is 2.53. The van der Waals surface area contributed by atoms with Crippen molar-refractivity contribution in [2.75, 3.05) is 0 Å². The fourth-order valence-electron chi connectivity index (χ4n) is 1.48. The van der Waals surface area contributed by atoms with Crippen molar-refractivity contribution < 1.29 is 4.39 Å². The van der Waals surface area contributed by atoms with E-state index in [9.17, 15) is 4.39 Å². The van der Waals surface area contributed by atoms with Crippen molar-refractivity contribution >= 4 is 0 Å². The summed E-state index contributed by atoms with van der Waals surface area (Å²) >= 11 is 0. The third-order valence-corrected chi connectivity index (χ3v) is 1.93. The van der Waals surface area contributed by atoms with Crippen molar-refractivity contribution in [2.45, 2.75) is 38.8 Å². The molecule has 0 aromatic carbocycles. The Morgan fingerprint density at radius 3 is 2.38 bits per heavy atom. The first-order chi connectivity index (χ1) is 3.60. The normalized spacial score (nSPS) is 47.6. The van der Waals surface area contributed by atoms with Gasteiger partial charge in [-0.3, -0.25) is 0 Å². The van der Waals surface area contributed by atoms with Crippen LogP contribution in [0.4, 0.5) is 4.39 Å². The summed E-state index contributed by atoms with van der Waals surface area (Å²) in [4.78, 5) is 0. The predicted molar refractivity (Wildman–Crippen MR) is 32.5 cm³/mol. The molecule has 1 aliphatic rings. The Morgan fingerprint density at radius 2 is 2.25 bits per heavy atom. The lowest BCUT2D eigenvalue weighted by atomic mass is 10.1. The Bertz CT molecular complexity index is 86.4. The van der Waals surface area contributed by atoms with E-state index in [1.165, 1.54) is 0 Å². The van der Waals surface area contributed by atoms with Gasteiger partial charge in [-0.15, -0.1) is 0 Å². The summed E-state index contributed by atoms with van der Waals surface area (Å²) in [5, 5.41) is 0. The SMILES string of the molecule is CC1CCC(C)(F)C1. The molecular weight excluding hydrogens is 103 g/mol. The van der Waals surface area contributed by atoms with Crippen LogP contribution in [0.25, 0.3) is 0 Å². The molecule has 0 heterocycles. The van der Waals surface area contributed by atoms with Crippen molar-refractivity contribution in [3.8, 4) is 0 Å². The molecule has 1 fully saturated rings. The molecule has 0 N–H and O–H groups in total. The molecule has 1 rings (SSSR count). The van der Waals surface area contributed by atoms with E-state index in [2.05, 4.69) is 6.92 Å². The lowest BCUT2D eigenvalue weighted by Crippen LogP contribution is -2.10. The first-order valence-electron chi connectivity index (χ1n) is 3.29. The minimum Gasteiger partial charge on any atom is -0.244 e. The Hall–Kier alpha value is -0.0700. The van der Waals surface area contributed by atoms with Crippen molar-refractivity contribution in [1.82, 2.24) is 0 Å². The lowest BCUT2D eigenvalue weighted by molar-refractivity contribution is 0.194. The summed E-state index contributed by atoms with van der Waals surface area (Å²) in [5.41, 5.74) is -0.834. The summed E-state index contributed by atoms with van der Waals surface area (Å²) in [5.74, 6) is 0.616. The van der Waals surface area contributed by atoms with Crippen LogP contribution >= 0.6 is 0 Å². The molecule has 0 radical (unpaired) electrons. The summed E-state index contributed by atoms with van der Waals surface area (Å²) < 4.78 is 12.9. The third kappa shape index (κ3) is 1.21. The highest BCUT2D eigenvalue weighted by atomic mass is 19.1. The van der Waals surface area contributed by atoms with E-state index in [1.807, 2.05) is 0 Å². The Labute approximate surface area is 50.1 Å². The van der Waals surface area contributed by atoms with E-state index in [1.54, 1.807) is 6.92 Å². The first kappa shape index (κ1) is 6.06. The van der Waals surface area contributed by atoms with Crippen LogP contribution in [0.1, 0.15) is 33.1 Å². The first-order valence-corrected chi connectivity index (χ1v) is 3.29. The van der Waals surface area contributed by atoms with Crippen LogP contribution in [-0.2, 0) is 0 Å². The molecule has 0 nitrogen and oxygen atoms in total. The van der Waals surface area contributed by atoms with Gasteiger partial charge < -0.3 is 0 Å². The summed E-state index contributed by atoms with van der Waals surface area (Å²) in [6.07, 6.45) is 2.62. The van der Waals surface area contributed by atoms with Gasteiger partial charge >= 0.3 is 0 Å². The number of hydrogen-bond acceptors (Lipinski definition) is 0. The van der Waals surface area contributed by atoms with Crippen molar-refractivity contribution in [3.63, 3.8) is 0 Å². The second-order valence-corrected chi connectivity index (χ2v) is 3.26. The average Bonchev–Trinajstić information content (AvgIpc) is 1.82. The molecule has 0 amide bonds. The molecule has 48 valence electrons. The lowest BCUT2D eigenvalue weighted by Gasteiger charge is -2.09. The Morgan fingerprint density at radius 1 is 1.62 bits per heavy atom. The van der Waals surface area contributed by atoms with Crippen molar-refractivity contribution in [2.24, 2.45) is 5.92 Å². The average molecular weight is 116 g/mol. The minimum atomic E-state index is -0.834. The van der Waals surface area contributed by atoms with Gasteiger partial charge in [-0.05, 0) is 32.1 Å². The van der Waals surface area contributed by atoms with E-state index in [0.29, 0.717) is 5.92 Å². The zero-order valence-electron chi connectivity index (χ0n) is 5.58. The smallest absolute Gasteiger partial charge is 0.108 e. The molecule has 0 aliphatic heterocycles. The van der Waals surface area contributed by atoms with Crippen LogP contribution in [0.2, 0.25) is 0 Å². The molecule has 0 aromatic rings. The fraction of sp³-hybridized carbons (Fsp3) is 1.00. The molecule has 0 saturated heterocycles. The van der Waals surface area contributed by atoms with Gasteiger partial charge in [-0.2, -0.15) is 0 Å². The molecule has 1 aliphatic carbocycles. The van der Waals surface area contributed by atoms with Gasteiger partial charge in [-0.25, -0.2) is 4.39 Å². The van der Waals surface area contributed by atoms with Gasteiger partial charge in [0, 0.05) is 0 Å². The minimum absolute atomic E-state index is 0.616. The van der Waals surface area contributed by atoms with E-state index < -0.39 is 5.67 Å². The quantitative estimate of drug-likeness (QED) is 0.456. The molecule has 2 unspecified atom stereocenters. The van der Waals surface area contributed by atoms with Gasteiger partial charge in [-0.1, -0.05) is 6.92 Å². The standard InChI is InChI=1S/C7H13F/c1-6-3-4-7(2,8)5-6/h6H,3-5H2,1-2H3. The molecule has 1 heteroatoms. The molecule has 0 bridgehead atoms. The van der Waals surface area contributed by atoms with Crippen LogP contribution in [0.3, 0.4) is 0 Å². The maximum atomic E-state index is 12.9. The van der Waals surface area contributed by atoms with Crippen LogP contribution < -0.4 is 0 Å². The largest absolute Gasteiger partial charge is 0.244 e. The fourth-order valence-corrected chi connectivity index (χ4v) is 1.48. The van der Waals surface area contributed by atoms with Gasteiger partial charge in [0.1, 0.15) is 5.67 Å². The van der Waals surface area contributed by atoms with E-state index in [-0.39, 0.29) is 0 Å². The molecule has 0 spiro atoms. The highest BCUT2D eigenvalue weighted by molar-refractivity contribution is 4.83. The van der Waals surface area contributed by atoms with Gasteiger partial charge in [0.25, 0.3) is 0 Å². The van der Waals surface area contributed by atoms with E-state index in [4.69, 9.17) is 0 Å². The van der Waals surface area contributed by atoms with Crippen molar-refractivity contribution in [1.29, 1.82) is 0 Å². The van der Waals surface area contributed by atoms with E-state index >= 15 is 0 Å². The highest BCUT2D eigenvalue weighted by Gasteiger charge is 2.32. The molecule has 8 heavy (non-hydrogen) atoms. The van der Waals surface area contributed by atoms with Crippen LogP contribution in [0.15, 0.2) is 0 Å². The number of halogens is 1. The number of rotatable bonds is 0.